The van der Waals surface area contributed by atoms with Gasteiger partial charge in [-0.05, 0) is 24.3 Å². The number of aromatic nitrogens is 2. The number of carbonyl (C=O) groups is 2. The van der Waals surface area contributed by atoms with Gasteiger partial charge in [0.25, 0.3) is 11.1 Å². The number of halogens is 3. The van der Waals surface area contributed by atoms with E-state index in [-0.39, 0.29) is 22.5 Å². The molecule has 0 saturated carbocycles. The molecule has 0 spiro atoms. The van der Waals surface area contributed by atoms with Crippen LogP contribution in [0.2, 0.25) is 0 Å². The highest BCUT2D eigenvalue weighted by Crippen LogP contribution is 2.38. The summed E-state index contributed by atoms with van der Waals surface area (Å²) in [5, 5.41) is 10.2. The Kier molecular flexibility index (Phi) is 6.27. The van der Waals surface area contributed by atoms with Crippen molar-refractivity contribution in [1.82, 2.24) is 10.2 Å². The predicted molar refractivity (Wildman–Crippen MR) is 114 cm³/mol. The zero-order valence-corrected chi connectivity index (χ0v) is 17.9. The number of rotatable bonds is 5. The maximum absolute atomic E-state index is 13.8. The molecule has 0 aliphatic carbocycles. The van der Waals surface area contributed by atoms with Crippen LogP contribution in [0.3, 0.4) is 0 Å². The zero-order valence-electron chi connectivity index (χ0n) is 17.1. The van der Waals surface area contributed by atoms with E-state index < -0.39 is 36.2 Å². The number of nitrogens with zero attached hydrogens (tertiary/aromatic N) is 3. The Morgan fingerprint density at radius 2 is 1.94 bits per heavy atom. The molecule has 1 aromatic heterocycles. The van der Waals surface area contributed by atoms with Gasteiger partial charge in [0.15, 0.2) is 0 Å². The molecule has 0 bridgehead atoms. The highest BCUT2D eigenvalue weighted by atomic mass is 32.2. The van der Waals surface area contributed by atoms with E-state index in [1.54, 1.807) is 30.3 Å². The van der Waals surface area contributed by atoms with Crippen LogP contribution in [0.1, 0.15) is 6.42 Å². The molecule has 2 amide bonds. The van der Waals surface area contributed by atoms with Crippen LogP contribution in [0.15, 0.2) is 58.2 Å². The number of amides is 2. The lowest BCUT2D eigenvalue weighted by atomic mass is 10.1. The van der Waals surface area contributed by atoms with Crippen LogP contribution in [-0.2, 0) is 9.59 Å². The Hall–Kier alpha value is -3.54. The topological polar surface area (TPSA) is 97.6 Å². The maximum Gasteiger partial charge on any atom is 0.409 e. The quantitative estimate of drug-likeness (QED) is 0.551. The van der Waals surface area contributed by atoms with Crippen molar-refractivity contribution in [2.45, 2.75) is 23.9 Å². The molecule has 4 rings (SSSR count). The lowest BCUT2D eigenvalue weighted by Gasteiger charge is -2.31. The van der Waals surface area contributed by atoms with Crippen molar-refractivity contribution in [3.05, 3.63) is 48.5 Å². The van der Waals surface area contributed by atoms with E-state index in [0.29, 0.717) is 16.2 Å². The van der Waals surface area contributed by atoms with Gasteiger partial charge < -0.3 is 14.5 Å². The van der Waals surface area contributed by atoms with Crippen molar-refractivity contribution in [2.75, 3.05) is 23.1 Å². The predicted octanol–water partition coefficient (Wildman–Crippen LogP) is 4.14. The Labute approximate surface area is 190 Å². The first-order valence-electron chi connectivity index (χ1n) is 9.65. The van der Waals surface area contributed by atoms with Gasteiger partial charge in [-0.15, -0.1) is 10.2 Å². The van der Waals surface area contributed by atoms with Crippen molar-refractivity contribution >= 4 is 35.0 Å². The summed E-state index contributed by atoms with van der Waals surface area (Å²) in [6, 6.07) is 10.5. The molecule has 1 aliphatic heterocycles. The number of fused-ring (bicyclic) bond motifs is 1. The lowest BCUT2D eigenvalue weighted by molar-refractivity contribution is -0.157. The third kappa shape index (κ3) is 4.80. The number of thioether (sulfide) groups is 1. The maximum atomic E-state index is 13.8. The largest absolute Gasteiger partial charge is 0.496 e. The number of ether oxygens (including phenoxy) is 1. The van der Waals surface area contributed by atoms with E-state index in [4.69, 9.17) is 9.15 Å². The molecule has 8 nitrogen and oxygen atoms in total. The summed E-state index contributed by atoms with van der Waals surface area (Å²) in [7, 11) is 1.49. The van der Waals surface area contributed by atoms with Crippen LogP contribution in [0.5, 0.6) is 5.75 Å². The smallest absolute Gasteiger partial charge is 0.409 e. The van der Waals surface area contributed by atoms with E-state index >= 15 is 0 Å². The van der Waals surface area contributed by atoms with Gasteiger partial charge in [0.05, 0.1) is 36.2 Å². The number of benzene rings is 2. The van der Waals surface area contributed by atoms with E-state index in [9.17, 15) is 22.8 Å². The highest BCUT2D eigenvalue weighted by molar-refractivity contribution is 7.99. The van der Waals surface area contributed by atoms with E-state index in [0.717, 1.165) is 11.8 Å². The first-order chi connectivity index (χ1) is 15.8. The summed E-state index contributed by atoms with van der Waals surface area (Å²) >= 11 is 0.801. The number of hydrogen-bond donors (Lipinski definition) is 1. The molecule has 12 heteroatoms. The van der Waals surface area contributed by atoms with E-state index in [1.807, 2.05) is 0 Å². The minimum Gasteiger partial charge on any atom is -0.496 e. The fourth-order valence-electron chi connectivity index (χ4n) is 3.39. The molecule has 2 aromatic carbocycles. The molecule has 1 N–H and O–H groups in total. The third-order valence-corrected chi connectivity index (χ3v) is 5.64. The molecule has 0 radical (unpaired) electrons. The van der Waals surface area contributed by atoms with Gasteiger partial charge in [-0.3, -0.25) is 14.5 Å². The molecule has 3 aromatic rings. The van der Waals surface area contributed by atoms with Crippen LogP contribution in [-0.4, -0.2) is 47.1 Å². The third-order valence-electron chi connectivity index (χ3n) is 4.84. The number of alkyl halides is 3. The van der Waals surface area contributed by atoms with Crippen LogP contribution >= 0.6 is 11.8 Å². The summed E-state index contributed by atoms with van der Waals surface area (Å²) in [6.45, 7) is 0. The average molecular weight is 478 g/mol. The van der Waals surface area contributed by atoms with Crippen molar-refractivity contribution in [3.63, 3.8) is 0 Å². The van der Waals surface area contributed by atoms with Gasteiger partial charge >= 0.3 is 6.18 Å². The lowest BCUT2D eigenvalue weighted by Crippen LogP contribution is -2.50. The summed E-state index contributed by atoms with van der Waals surface area (Å²) in [5.41, 5.74) is 0.634. The van der Waals surface area contributed by atoms with Gasteiger partial charge in [0, 0.05) is 0 Å². The Balaban J connectivity index is 1.57. The molecule has 1 atom stereocenters. The Bertz CT molecular complexity index is 1180. The number of para-hydroxylation sites is 3. The average Bonchev–Trinajstić information content (AvgIpc) is 3.20. The molecule has 0 saturated heterocycles. The van der Waals surface area contributed by atoms with Crippen molar-refractivity contribution < 1.29 is 31.9 Å². The number of hydrogen-bond acceptors (Lipinski definition) is 7. The zero-order chi connectivity index (χ0) is 23.6. The van der Waals surface area contributed by atoms with Crippen LogP contribution in [0.4, 0.5) is 24.5 Å². The molecule has 33 heavy (non-hydrogen) atoms. The van der Waals surface area contributed by atoms with Crippen molar-refractivity contribution in [2.24, 2.45) is 0 Å². The van der Waals surface area contributed by atoms with Gasteiger partial charge in [-0.2, -0.15) is 13.2 Å². The second-order valence-corrected chi connectivity index (χ2v) is 7.88. The molecule has 1 unspecified atom stereocenters. The Morgan fingerprint density at radius 1 is 1.21 bits per heavy atom. The monoisotopic (exact) mass is 478 g/mol. The summed E-state index contributed by atoms with van der Waals surface area (Å²) in [4.78, 5) is 25.6. The molecule has 2 heterocycles. The first-order valence-corrected chi connectivity index (χ1v) is 10.6. The molecule has 172 valence electrons. The highest BCUT2D eigenvalue weighted by Gasteiger charge is 2.49. The number of anilines is 2. The van der Waals surface area contributed by atoms with E-state index in [1.165, 1.54) is 25.3 Å². The standard InChI is InChI=1S/C21H17F3N4O4S/c1-31-15-9-5-2-6-12(15)19-26-27-20(32-19)33-11-18(30)28-14-8-4-3-7-13(14)25-17(29)10-16(28)21(22,23)24/h2-9,16H,10-11H2,1H3,(H,25,29). The fraction of sp³-hybridized carbons (Fsp3) is 0.238. The number of methoxy groups -OCH3 is 1. The SMILES string of the molecule is COc1ccccc1-c1nnc(SCC(=O)N2c3ccccc3NC(=O)CC2C(F)(F)F)o1. The Morgan fingerprint density at radius 3 is 2.70 bits per heavy atom. The van der Waals surface area contributed by atoms with Crippen LogP contribution in [0, 0.1) is 0 Å². The molecule has 1 aliphatic rings. The molecule has 0 fully saturated rings. The summed E-state index contributed by atoms with van der Waals surface area (Å²) in [5.74, 6) is -1.46. The number of carbonyl (C=O) groups excluding carboxylic acids is 2. The van der Waals surface area contributed by atoms with Crippen molar-refractivity contribution in [1.29, 1.82) is 0 Å². The minimum atomic E-state index is -4.81. The normalized spacial score (nSPS) is 16.1. The van der Waals surface area contributed by atoms with E-state index in [2.05, 4.69) is 15.5 Å². The van der Waals surface area contributed by atoms with Crippen LogP contribution < -0.4 is 15.0 Å². The van der Waals surface area contributed by atoms with Gasteiger partial charge in [-0.1, -0.05) is 36.0 Å². The number of nitrogens with one attached hydrogen (secondary N) is 1. The van der Waals surface area contributed by atoms with Gasteiger partial charge in [-0.25, -0.2) is 0 Å². The van der Waals surface area contributed by atoms with Crippen LogP contribution in [0.25, 0.3) is 11.5 Å². The first kappa shape index (κ1) is 22.6. The second kappa shape index (κ2) is 9.14. The fourth-order valence-corrected chi connectivity index (χ4v) is 4.01. The minimum absolute atomic E-state index is 0.00474. The van der Waals surface area contributed by atoms with Crippen molar-refractivity contribution in [3.8, 4) is 17.2 Å². The van der Waals surface area contributed by atoms with Gasteiger partial charge in [0.1, 0.15) is 11.8 Å². The second-order valence-electron chi connectivity index (χ2n) is 6.95. The summed E-state index contributed by atoms with van der Waals surface area (Å²) < 4.78 is 52.2. The summed E-state index contributed by atoms with van der Waals surface area (Å²) in [6.07, 6.45) is -5.72. The van der Waals surface area contributed by atoms with Gasteiger partial charge in [0.2, 0.25) is 11.8 Å². The molecular formula is C21H17F3N4O4S. The molecular weight excluding hydrogens is 461 g/mol.